The molecule has 1 aliphatic heterocycles. The summed E-state index contributed by atoms with van der Waals surface area (Å²) in [6.07, 6.45) is 1.71. The number of carbonyl (C=O) groups is 1. The monoisotopic (exact) mass is 159 g/mol. The summed E-state index contributed by atoms with van der Waals surface area (Å²) in [4.78, 5) is 14.6. The Hall–Kier alpha value is -1.58. The lowest BCUT2D eigenvalue weighted by Crippen LogP contribution is -2.12. The van der Waals surface area contributed by atoms with E-state index in [1.807, 2.05) is 6.07 Å². The number of carboxylic acid groups (broad SMARTS) is 1. The van der Waals surface area contributed by atoms with Crippen molar-refractivity contribution in [3.63, 3.8) is 0 Å². The minimum atomic E-state index is -0.891. The molecular weight excluding hydrogens is 153 g/mol. The Morgan fingerprint density at radius 2 is 2.33 bits per heavy atom. The van der Waals surface area contributed by atoms with Crippen LogP contribution >= 0.6 is 0 Å². The molecule has 0 amide bonds. The summed E-state index contributed by atoms with van der Waals surface area (Å²) in [5.41, 5.74) is 2.34. The molecule has 0 saturated heterocycles. The summed E-state index contributed by atoms with van der Waals surface area (Å²) in [6.45, 7) is 0. The number of benzene rings is 1. The van der Waals surface area contributed by atoms with Crippen LogP contribution in [0.5, 0.6) is 0 Å². The summed E-state index contributed by atoms with van der Waals surface area (Å²) in [5, 5.41) is 8.67. The van der Waals surface area contributed by atoms with Gasteiger partial charge in [-0.3, -0.25) is 0 Å². The van der Waals surface area contributed by atoms with Crippen LogP contribution in [0.15, 0.2) is 23.1 Å². The molecule has 1 N–H and O–H groups in total. The van der Waals surface area contributed by atoms with Crippen LogP contribution in [-0.2, 0) is 0 Å². The molecule has 4 heteroatoms. The molecule has 12 heavy (non-hydrogen) atoms. The van der Waals surface area contributed by atoms with Crippen LogP contribution in [0, 0.1) is 0 Å². The van der Waals surface area contributed by atoms with Crippen molar-refractivity contribution in [1.82, 2.24) is 0 Å². The van der Waals surface area contributed by atoms with E-state index in [-0.39, 0.29) is 0 Å². The van der Waals surface area contributed by atoms with E-state index < -0.39 is 5.97 Å². The molecule has 0 aromatic heterocycles. The van der Waals surface area contributed by atoms with Gasteiger partial charge in [0.25, 0.3) is 7.41 Å². The normalized spacial score (nSPS) is 12.3. The van der Waals surface area contributed by atoms with Gasteiger partial charge in [0.1, 0.15) is 0 Å². The number of carboxylic acids is 1. The molecule has 1 aliphatic rings. The molecule has 58 valence electrons. The zero-order chi connectivity index (χ0) is 8.55. The maximum absolute atomic E-state index is 10.6. The van der Waals surface area contributed by atoms with Crippen molar-refractivity contribution < 1.29 is 9.90 Å². The maximum Gasteiger partial charge on any atom is 0.335 e. The molecule has 0 aliphatic carbocycles. The molecule has 1 aromatic carbocycles. The van der Waals surface area contributed by atoms with Gasteiger partial charge in [0.15, 0.2) is 0 Å². The lowest BCUT2D eigenvalue weighted by molar-refractivity contribution is 0.0697. The fraction of sp³-hybridized carbons (Fsp3) is 0. The second kappa shape index (κ2) is 2.48. The molecule has 0 bridgehead atoms. The van der Waals surface area contributed by atoms with Crippen LogP contribution in [0.2, 0.25) is 0 Å². The van der Waals surface area contributed by atoms with Gasteiger partial charge in [0.2, 0.25) is 0 Å². The molecule has 0 radical (unpaired) electrons. The number of hydrogen-bond donors (Lipinski definition) is 1. The third-order valence-corrected chi connectivity index (χ3v) is 1.88. The van der Waals surface area contributed by atoms with E-state index in [0.29, 0.717) is 13.0 Å². The molecular formula is C8H6BNO2. The van der Waals surface area contributed by atoms with Gasteiger partial charge < -0.3 is 10.0 Å². The molecule has 2 rings (SSSR count). The predicted molar refractivity (Wildman–Crippen MR) is 47.8 cm³/mol. The average Bonchev–Trinajstić information content (AvgIpc) is 2.49. The van der Waals surface area contributed by atoms with E-state index in [0.717, 1.165) is 11.0 Å². The van der Waals surface area contributed by atoms with Crippen molar-refractivity contribution in [2.75, 3.05) is 0 Å². The lowest BCUT2D eigenvalue weighted by atomic mass is 9.83. The van der Waals surface area contributed by atoms with E-state index in [1.54, 1.807) is 18.3 Å². The van der Waals surface area contributed by atoms with Crippen molar-refractivity contribution in [1.29, 1.82) is 0 Å². The summed E-state index contributed by atoms with van der Waals surface area (Å²) in [7, 11) is 0.676. The highest BCUT2D eigenvalue weighted by molar-refractivity contribution is 6.57. The Kier molecular flexibility index (Phi) is 1.47. The summed E-state index contributed by atoms with van der Waals surface area (Å²) < 4.78 is 0. The molecule has 3 nitrogen and oxygen atoms in total. The van der Waals surface area contributed by atoms with Gasteiger partial charge in [-0.25, -0.2) is 4.79 Å². The van der Waals surface area contributed by atoms with Gasteiger partial charge in [-0.05, 0) is 23.2 Å². The van der Waals surface area contributed by atoms with Gasteiger partial charge >= 0.3 is 5.97 Å². The molecule has 0 fully saturated rings. The first-order chi connectivity index (χ1) is 5.77. The van der Waals surface area contributed by atoms with E-state index >= 15 is 0 Å². The highest BCUT2D eigenvalue weighted by Crippen LogP contribution is 2.04. The predicted octanol–water partition coefficient (Wildman–Crippen LogP) is -0.206. The SMILES string of the molecule is O=C(O)c1ccc2c(c1)C=NB2. The van der Waals surface area contributed by atoms with Gasteiger partial charge in [-0.2, -0.15) is 0 Å². The van der Waals surface area contributed by atoms with Crippen LogP contribution in [0.4, 0.5) is 0 Å². The van der Waals surface area contributed by atoms with Gasteiger partial charge in [0, 0.05) is 6.21 Å². The molecule has 1 aromatic rings. The van der Waals surface area contributed by atoms with E-state index in [1.165, 1.54) is 0 Å². The highest BCUT2D eigenvalue weighted by Gasteiger charge is 2.10. The second-order valence-electron chi connectivity index (χ2n) is 2.69. The van der Waals surface area contributed by atoms with Gasteiger partial charge in [0.05, 0.1) is 5.56 Å². The number of nitrogens with zero attached hydrogens (tertiary/aromatic N) is 1. The smallest absolute Gasteiger partial charge is 0.335 e. The summed E-state index contributed by atoms with van der Waals surface area (Å²) >= 11 is 0. The van der Waals surface area contributed by atoms with E-state index in [4.69, 9.17) is 5.11 Å². The molecule has 0 saturated carbocycles. The Morgan fingerprint density at radius 3 is 3.08 bits per heavy atom. The third-order valence-electron chi connectivity index (χ3n) is 1.88. The Labute approximate surface area is 70.0 Å². The largest absolute Gasteiger partial charge is 0.478 e. The number of hydrogen-bond acceptors (Lipinski definition) is 2. The topological polar surface area (TPSA) is 49.7 Å². The van der Waals surface area contributed by atoms with Crippen LogP contribution in [0.3, 0.4) is 0 Å². The number of aromatic carboxylic acids is 1. The van der Waals surface area contributed by atoms with Crippen molar-refractivity contribution in [3.8, 4) is 0 Å². The Morgan fingerprint density at radius 1 is 1.50 bits per heavy atom. The van der Waals surface area contributed by atoms with Crippen molar-refractivity contribution in [2.24, 2.45) is 4.90 Å². The lowest BCUT2D eigenvalue weighted by Gasteiger charge is -1.97. The van der Waals surface area contributed by atoms with Crippen LogP contribution in [0.1, 0.15) is 15.9 Å². The number of rotatable bonds is 1. The number of fused-ring (bicyclic) bond motifs is 1. The third kappa shape index (κ3) is 1.01. The fourth-order valence-electron chi connectivity index (χ4n) is 1.23. The summed E-state index contributed by atoms with van der Waals surface area (Å²) in [6, 6.07) is 5.07. The Balaban J connectivity index is 2.51. The zero-order valence-corrected chi connectivity index (χ0v) is 6.32. The highest BCUT2D eigenvalue weighted by atomic mass is 16.4. The maximum atomic E-state index is 10.6. The molecule has 0 unspecified atom stereocenters. The molecule has 0 atom stereocenters. The van der Waals surface area contributed by atoms with Crippen molar-refractivity contribution >= 4 is 25.1 Å². The van der Waals surface area contributed by atoms with Crippen LogP contribution < -0.4 is 5.46 Å². The quantitative estimate of drug-likeness (QED) is 0.576. The first kappa shape index (κ1) is 7.09. The second-order valence-corrected chi connectivity index (χ2v) is 2.69. The van der Waals surface area contributed by atoms with Crippen LogP contribution in [0.25, 0.3) is 0 Å². The van der Waals surface area contributed by atoms with Crippen molar-refractivity contribution in [2.45, 2.75) is 0 Å². The van der Waals surface area contributed by atoms with Gasteiger partial charge in [-0.1, -0.05) is 6.07 Å². The van der Waals surface area contributed by atoms with Gasteiger partial charge in [-0.15, -0.1) is 0 Å². The first-order valence-electron chi connectivity index (χ1n) is 3.63. The summed E-state index contributed by atoms with van der Waals surface area (Å²) in [5.74, 6) is -0.891. The zero-order valence-electron chi connectivity index (χ0n) is 6.32. The minimum absolute atomic E-state index is 0.321. The van der Waals surface area contributed by atoms with E-state index in [9.17, 15) is 4.79 Å². The average molecular weight is 159 g/mol. The fourth-order valence-corrected chi connectivity index (χ4v) is 1.23. The molecule has 0 spiro atoms. The first-order valence-corrected chi connectivity index (χ1v) is 3.63. The molecule has 1 heterocycles. The minimum Gasteiger partial charge on any atom is -0.478 e. The standard InChI is InChI=1S/C8H6BNO2/c11-8(12)5-1-2-7-6(3-5)4-10-9-7/h1-4,9H,(H,11,12). The van der Waals surface area contributed by atoms with Crippen LogP contribution in [-0.4, -0.2) is 24.7 Å². The van der Waals surface area contributed by atoms with E-state index in [2.05, 4.69) is 4.90 Å². The Bertz CT molecular complexity index is 373. The van der Waals surface area contributed by atoms with Crippen molar-refractivity contribution in [3.05, 3.63) is 29.3 Å².